The second-order valence-corrected chi connectivity index (χ2v) is 8.15. The van der Waals surface area contributed by atoms with E-state index in [-0.39, 0.29) is 23.5 Å². The molecule has 1 atom stereocenters. The summed E-state index contributed by atoms with van der Waals surface area (Å²) in [7, 11) is 0. The van der Waals surface area contributed by atoms with Gasteiger partial charge in [0.2, 0.25) is 5.91 Å². The molecular formula is C21H27N5O3. The summed E-state index contributed by atoms with van der Waals surface area (Å²) in [5.41, 5.74) is 2.02. The van der Waals surface area contributed by atoms with E-state index in [1.165, 1.54) is 11.8 Å². The summed E-state index contributed by atoms with van der Waals surface area (Å²) in [4.78, 5) is 38.9. The van der Waals surface area contributed by atoms with Gasteiger partial charge in [-0.25, -0.2) is 9.78 Å². The molecule has 1 saturated heterocycles. The van der Waals surface area contributed by atoms with E-state index in [0.717, 1.165) is 18.4 Å². The van der Waals surface area contributed by atoms with Gasteiger partial charge in [0.15, 0.2) is 0 Å². The number of amides is 2. The fraction of sp³-hybridized carbons (Fsp3) is 0.476. The summed E-state index contributed by atoms with van der Waals surface area (Å²) < 4.78 is 5.48. The van der Waals surface area contributed by atoms with E-state index in [4.69, 9.17) is 4.74 Å². The first-order valence-corrected chi connectivity index (χ1v) is 9.80. The summed E-state index contributed by atoms with van der Waals surface area (Å²) in [6.07, 6.45) is 4.92. The molecule has 1 fully saturated rings. The maximum Gasteiger partial charge on any atom is 0.419 e. The van der Waals surface area contributed by atoms with E-state index in [9.17, 15) is 9.59 Å². The highest BCUT2D eigenvalue weighted by molar-refractivity contribution is 5.75. The van der Waals surface area contributed by atoms with E-state index >= 15 is 0 Å². The van der Waals surface area contributed by atoms with E-state index in [0.29, 0.717) is 24.4 Å². The Balaban J connectivity index is 1.87. The topological polar surface area (TPSA) is 97.3 Å². The first-order chi connectivity index (χ1) is 13.8. The van der Waals surface area contributed by atoms with Gasteiger partial charge in [-0.1, -0.05) is 26.8 Å². The third kappa shape index (κ3) is 5.07. The van der Waals surface area contributed by atoms with Crippen LogP contribution in [0.1, 0.15) is 52.5 Å². The molecule has 1 unspecified atom stereocenters. The molecule has 0 bridgehead atoms. The maximum absolute atomic E-state index is 12.7. The Bertz CT molecular complexity index is 880. The number of carbonyl (C=O) groups excluding carboxylic acids is 2. The van der Waals surface area contributed by atoms with Crippen LogP contribution in [0.15, 0.2) is 30.6 Å². The van der Waals surface area contributed by atoms with Crippen LogP contribution < -0.4 is 10.1 Å². The van der Waals surface area contributed by atoms with Crippen molar-refractivity contribution in [1.82, 2.24) is 25.2 Å². The Hall–Kier alpha value is -3.03. The SMILES string of the molecule is CC(=O)NC1CCCCN1C(=O)Oc1ncc(C(C)(C)C)c(-c2ccccn2)n1. The number of carbonyl (C=O) groups is 2. The number of pyridine rings is 1. The Labute approximate surface area is 170 Å². The maximum atomic E-state index is 12.7. The summed E-state index contributed by atoms with van der Waals surface area (Å²) in [5, 5.41) is 2.80. The zero-order valence-corrected chi connectivity index (χ0v) is 17.3. The van der Waals surface area contributed by atoms with Crippen LogP contribution in [0, 0.1) is 0 Å². The first-order valence-electron chi connectivity index (χ1n) is 9.80. The monoisotopic (exact) mass is 397 g/mol. The minimum absolute atomic E-state index is 0.0317. The molecule has 3 heterocycles. The number of nitrogens with one attached hydrogen (secondary N) is 1. The van der Waals surface area contributed by atoms with E-state index in [2.05, 4.69) is 41.0 Å². The molecule has 8 heteroatoms. The van der Waals surface area contributed by atoms with E-state index in [1.54, 1.807) is 12.4 Å². The van der Waals surface area contributed by atoms with Crippen LogP contribution in [0.4, 0.5) is 4.79 Å². The molecule has 2 amide bonds. The average Bonchev–Trinajstić information content (AvgIpc) is 2.67. The van der Waals surface area contributed by atoms with Gasteiger partial charge >= 0.3 is 12.1 Å². The fourth-order valence-corrected chi connectivity index (χ4v) is 3.33. The van der Waals surface area contributed by atoms with Crippen molar-refractivity contribution >= 4 is 12.0 Å². The largest absolute Gasteiger partial charge is 0.419 e. The van der Waals surface area contributed by atoms with Crippen LogP contribution in [0.2, 0.25) is 0 Å². The molecule has 2 aromatic rings. The van der Waals surface area contributed by atoms with Crippen LogP contribution in [0.5, 0.6) is 6.01 Å². The number of nitrogens with zero attached hydrogens (tertiary/aromatic N) is 4. The Morgan fingerprint density at radius 2 is 2.00 bits per heavy atom. The molecule has 0 spiro atoms. The zero-order valence-electron chi connectivity index (χ0n) is 17.3. The lowest BCUT2D eigenvalue weighted by Gasteiger charge is -2.34. The van der Waals surface area contributed by atoms with Gasteiger partial charge in [0, 0.05) is 31.4 Å². The second-order valence-electron chi connectivity index (χ2n) is 8.15. The normalized spacial score (nSPS) is 17.0. The highest BCUT2D eigenvalue weighted by Gasteiger charge is 2.30. The average molecular weight is 397 g/mol. The van der Waals surface area contributed by atoms with Crippen molar-refractivity contribution in [2.45, 2.75) is 58.5 Å². The van der Waals surface area contributed by atoms with Crippen LogP contribution in [0.25, 0.3) is 11.4 Å². The molecule has 29 heavy (non-hydrogen) atoms. The number of ether oxygens (including phenoxy) is 1. The fourth-order valence-electron chi connectivity index (χ4n) is 3.33. The number of hydrogen-bond acceptors (Lipinski definition) is 6. The van der Waals surface area contributed by atoms with Gasteiger partial charge in [0.1, 0.15) is 6.17 Å². The number of rotatable bonds is 3. The first kappa shape index (κ1) is 20.7. The smallest absolute Gasteiger partial charge is 0.374 e. The molecule has 0 aliphatic carbocycles. The molecule has 1 N–H and O–H groups in total. The van der Waals surface area contributed by atoms with Crippen LogP contribution in [-0.4, -0.2) is 44.6 Å². The lowest BCUT2D eigenvalue weighted by molar-refractivity contribution is -0.121. The molecule has 0 radical (unpaired) electrons. The summed E-state index contributed by atoms with van der Waals surface area (Å²) in [5.74, 6) is -0.182. The Morgan fingerprint density at radius 3 is 2.66 bits per heavy atom. The van der Waals surface area contributed by atoms with Crippen molar-refractivity contribution in [3.05, 3.63) is 36.2 Å². The Kier molecular flexibility index (Phi) is 6.10. The molecule has 3 rings (SSSR count). The third-order valence-corrected chi connectivity index (χ3v) is 4.77. The van der Waals surface area contributed by atoms with E-state index in [1.807, 2.05) is 18.2 Å². The van der Waals surface area contributed by atoms with E-state index < -0.39 is 6.09 Å². The molecule has 2 aromatic heterocycles. The van der Waals surface area contributed by atoms with Crippen molar-refractivity contribution in [2.24, 2.45) is 0 Å². The molecular weight excluding hydrogens is 370 g/mol. The molecule has 154 valence electrons. The molecule has 0 aromatic carbocycles. The molecule has 0 saturated carbocycles. The van der Waals surface area contributed by atoms with Crippen molar-refractivity contribution in [2.75, 3.05) is 6.54 Å². The highest BCUT2D eigenvalue weighted by atomic mass is 16.6. The standard InChI is InChI=1S/C21H27N5O3/c1-14(27)24-17-10-6-8-12-26(17)20(28)29-19-23-13-15(21(2,3)4)18(25-19)16-9-5-7-11-22-16/h5,7,9,11,13,17H,6,8,10,12H2,1-4H3,(H,24,27). The lowest BCUT2D eigenvalue weighted by Crippen LogP contribution is -2.53. The van der Waals surface area contributed by atoms with Crippen molar-refractivity contribution < 1.29 is 14.3 Å². The van der Waals surface area contributed by atoms with Crippen LogP contribution in [0.3, 0.4) is 0 Å². The number of hydrogen-bond donors (Lipinski definition) is 1. The second kappa shape index (κ2) is 8.55. The third-order valence-electron chi connectivity index (χ3n) is 4.77. The van der Waals surface area contributed by atoms with Crippen LogP contribution in [-0.2, 0) is 10.2 Å². The van der Waals surface area contributed by atoms with Gasteiger partial charge in [-0.15, -0.1) is 0 Å². The van der Waals surface area contributed by atoms with Gasteiger partial charge in [0.25, 0.3) is 0 Å². The van der Waals surface area contributed by atoms with Gasteiger partial charge in [0.05, 0.1) is 11.4 Å². The molecule has 1 aliphatic heterocycles. The highest BCUT2D eigenvalue weighted by Crippen LogP contribution is 2.31. The zero-order chi connectivity index (χ0) is 21.0. The van der Waals surface area contributed by atoms with Crippen LogP contribution >= 0.6 is 0 Å². The van der Waals surface area contributed by atoms with Gasteiger partial charge in [-0.2, -0.15) is 4.98 Å². The number of likely N-dealkylation sites (tertiary alicyclic amines) is 1. The number of piperidine rings is 1. The minimum atomic E-state index is -0.570. The quantitative estimate of drug-likeness (QED) is 0.854. The predicted octanol–water partition coefficient (Wildman–Crippen LogP) is 3.28. The summed E-state index contributed by atoms with van der Waals surface area (Å²) in [6, 6.07) is 5.55. The predicted molar refractivity (Wildman–Crippen MR) is 108 cm³/mol. The van der Waals surface area contributed by atoms with Crippen molar-refractivity contribution in [3.8, 4) is 17.4 Å². The Morgan fingerprint density at radius 1 is 1.21 bits per heavy atom. The van der Waals surface area contributed by atoms with Crippen molar-refractivity contribution in [1.29, 1.82) is 0 Å². The molecule has 8 nitrogen and oxygen atoms in total. The van der Waals surface area contributed by atoms with Gasteiger partial charge in [-0.3, -0.25) is 14.7 Å². The minimum Gasteiger partial charge on any atom is -0.374 e. The summed E-state index contributed by atoms with van der Waals surface area (Å²) >= 11 is 0. The summed E-state index contributed by atoms with van der Waals surface area (Å²) in [6.45, 7) is 8.14. The van der Waals surface area contributed by atoms with Gasteiger partial charge in [-0.05, 0) is 36.8 Å². The molecule has 1 aliphatic rings. The lowest BCUT2D eigenvalue weighted by atomic mass is 9.86. The van der Waals surface area contributed by atoms with Crippen molar-refractivity contribution in [3.63, 3.8) is 0 Å². The number of aromatic nitrogens is 3. The van der Waals surface area contributed by atoms with Gasteiger partial charge < -0.3 is 10.1 Å².